The summed E-state index contributed by atoms with van der Waals surface area (Å²) in [6.45, 7) is 0. The molecule has 0 aliphatic carbocycles. The van der Waals surface area contributed by atoms with Gasteiger partial charge in [-0.1, -0.05) is 0 Å². The van der Waals surface area contributed by atoms with Crippen molar-refractivity contribution in [1.29, 1.82) is 0 Å². The maximum Gasteiger partial charge on any atom is 0.247 e. The molecule has 0 spiro atoms. The normalized spacial score (nSPS) is 11.9. The highest BCUT2D eigenvalue weighted by Crippen LogP contribution is 2.34. The van der Waals surface area contributed by atoms with E-state index in [1.165, 1.54) is 21.2 Å². The van der Waals surface area contributed by atoms with Gasteiger partial charge in [0, 0.05) is 24.4 Å². The zero-order chi connectivity index (χ0) is 13.2. The van der Waals surface area contributed by atoms with E-state index in [1.807, 2.05) is 0 Å². The SMILES string of the molecule is COc1cc(CCl)cc(Br)c1S(=O)(=O)N(C)C. The van der Waals surface area contributed by atoms with E-state index in [4.69, 9.17) is 16.3 Å². The number of sulfonamides is 1. The molecule has 7 heteroatoms. The molecular weight excluding hydrogens is 330 g/mol. The minimum absolute atomic E-state index is 0.110. The van der Waals surface area contributed by atoms with Gasteiger partial charge in [0.05, 0.1) is 7.11 Å². The van der Waals surface area contributed by atoms with E-state index in [-0.39, 0.29) is 16.5 Å². The lowest BCUT2D eigenvalue weighted by molar-refractivity contribution is 0.399. The van der Waals surface area contributed by atoms with Crippen LogP contribution in [0.1, 0.15) is 5.56 Å². The van der Waals surface area contributed by atoms with Crippen molar-refractivity contribution in [1.82, 2.24) is 4.31 Å². The van der Waals surface area contributed by atoms with E-state index in [0.717, 1.165) is 9.87 Å². The molecule has 0 radical (unpaired) electrons. The zero-order valence-electron chi connectivity index (χ0n) is 9.70. The molecule has 0 atom stereocenters. The number of rotatable bonds is 4. The molecule has 4 nitrogen and oxygen atoms in total. The van der Waals surface area contributed by atoms with Crippen LogP contribution >= 0.6 is 27.5 Å². The Bertz CT molecular complexity index is 517. The number of methoxy groups -OCH3 is 1. The summed E-state index contributed by atoms with van der Waals surface area (Å²) < 4.78 is 30.9. The van der Waals surface area contributed by atoms with E-state index >= 15 is 0 Å². The molecule has 0 saturated heterocycles. The Balaban J connectivity index is 3.54. The first kappa shape index (κ1) is 14.8. The molecule has 0 unspecified atom stereocenters. The van der Waals surface area contributed by atoms with Crippen LogP contribution in [-0.4, -0.2) is 33.9 Å². The molecule has 0 heterocycles. The predicted octanol–water partition coefficient (Wildman–Crippen LogP) is 2.45. The van der Waals surface area contributed by atoms with E-state index in [2.05, 4.69) is 15.9 Å². The monoisotopic (exact) mass is 341 g/mol. The lowest BCUT2D eigenvalue weighted by Gasteiger charge is -2.16. The first-order valence-electron chi connectivity index (χ1n) is 4.69. The van der Waals surface area contributed by atoms with Gasteiger partial charge in [-0.05, 0) is 33.6 Å². The van der Waals surface area contributed by atoms with Crippen molar-refractivity contribution < 1.29 is 13.2 Å². The first-order chi connectivity index (χ1) is 7.84. The van der Waals surface area contributed by atoms with Gasteiger partial charge in [0.1, 0.15) is 10.6 Å². The fraction of sp³-hybridized carbons (Fsp3) is 0.400. The molecule has 0 bridgehead atoms. The summed E-state index contributed by atoms with van der Waals surface area (Å²) in [5, 5.41) is 0. The molecule has 17 heavy (non-hydrogen) atoms. The van der Waals surface area contributed by atoms with Crippen LogP contribution in [0.2, 0.25) is 0 Å². The average molecular weight is 343 g/mol. The fourth-order valence-corrected chi connectivity index (χ4v) is 3.61. The lowest BCUT2D eigenvalue weighted by Crippen LogP contribution is -2.23. The minimum atomic E-state index is -3.56. The maximum atomic E-state index is 12.1. The number of alkyl halides is 1. The molecule has 0 amide bonds. The Morgan fingerprint density at radius 1 is 1.41 bits per heavy atom. The summed E-state index contributed by atoms with van der Waals surface area (Å²) in [5.74, 6) is 0.570. The molecule has 1 aromatic carbocycles. The largest absolute Gasteiger partial charge is 0.495 e. The first-order valence-corrected chi connectivity index (χ1v) is 7.46. The smallest absolute Gasteiger partial charge is 0.247 e. The summed E-state index contributed by atoms with van der Waals surface area (Å²) >= 11 is 8.96. The third-order valence-electron chi connectivity index (χ3n) is 2.18. The van der Waals surface area contributed by atoms with Gasteiger partial charge in [-0.15, -0.1) is 11.6 Å². The van der Waals surface area contributed by atoms with Crippen LogP contribution in [-0.2, 0) is 15.9 Å². The molecular formula is C10H13BrClNO3S. The van der Waals surface area contributed by atoms with Crippen molar-refractivity contribution >= 4 is 37.6 Å². The van der Waals surface area contributed by atoms with E-state index in [9.17, 15) is 8.42 Å². The summed E-state index contributed by atoms with van der Waals surface area (Å²) in [6, 6.07) is 3.29. The lowest BCUT2D eigenvalue weighted by atomic mass is 10.2. The molecule has 0 aromatic heterocycles. The van der Waals surface area contributed by atoms with Crippen LogP contribution < -0.4 is 4.74 Å². The summed E-state index contributed by atoms with van der Waals surface area (Å²) in [5.41, 5.74) is 0.785. The van der Waals surface area contributed by atoms with Gasteiger partial charge >= 0.3 is 0 Å². The number of ether oxygens (including phenoxy) is 1. The Labute approximate surface area is 115 Å². The Kier molecular flexibility index (Phi) is 4.83. The molecule has 1 aromatic rings. The van der Waals surface area contributed by atoms with Gasteiger partial charge < -0.3 is 4.74 Å². The van der Waals surface area contributed by atoms with Gasteiger partial charge in [-0.25, -0.2) is 12.7 Å². The summed E-state index contributed by atoms with van der Waals surface area (Å²) in [6.07, 6.45) is 0. The van der Waals surface area contributed by atoms with Gasteiger partial charge in [0.25, 0.3) is 0 Å². The van der Waals surface area contributed by atoms with Crippen LogP contribution in [0.5, 0.6) is 5.75 Å². The van der Waals surface area contributed by atoms with Gasteiger partial charge in [-0.2, -0.15) is 0 Å². The van der Waals surface area contributed by atoms with Crippen molar-refractivity contribution in [3.8, 4) is 5.75 Å². The number of benzene rings is 1. The van der Waals surface area contributed by atoms with Crippen LogP contribution in [0.15, 0.2) is 21.5 Å². The Morgan fingerprint density at radius 2 is 2.00 bits per heavy atom. The van der Waals surface area contributed by atoms with Crippen LogP contribution in [0.25, 0.3) is 0 Å². The number of hydrogen-bond acceptors (Lipinski definition) is 3. The quantitative estimate of drug-likeness (QED) is 0.790. The third kappa shape index (κ3) is 2.93. The second-order valence-electron chi connectivity index (χ2n) is 3.53. The minimum Gasteiger partial charge on any atom is -0.495 e. The average Bonchev–Trinajstić information content (AvgIpc) is 2.26. The van der Waals surface area contributed by atoms with Gasteiger partial charge in [0.15, 0.2) is 0 Å². The van der Waals surface area contributed by atoms with E-state index in [0.29, 0.717) is 4.47 Å². The second-order valence-corrected chi connectivity index (χ2v) is 6.74. The molecule has 0 aliphatic rings. The highest BCUT2D eigenvalue weighted by atomic mass is 79.9. The predicted molar refractivity (Wildman–Crippen MR) is 71.1 cm³/mol. The van der Waals surface area contributed by atoms with Crippen LogP contribution in [0.4, 0.5) is 0 Å². The maximum absolute atomic E-state index is 12.1. The number of halogens is 2. The second kappa shape index (κ2) is 5.56. The molecule has 96 valence electrons. The number of hydrogen-bond donors (Lipinski definition) is 0. The molecule has 0 fully saturated rings. The summed E-state index contributed by atoms with van der Waals surface area (Å²) in [4.78, 5) is 0.110. The van der Waals surface area contributed by atoms with Crippen molar-refractivity contribution in [2.45, 2.75) is 10.8 Å². The standard InChI is InChI=1S/C10H13BrClNO3S/c1-13(2)17(14,15)10-8(11)4-7(6-12)5-9(10)16-3/h4-5H,6H2,1-3H3. The number of nitrogens with zero attached hydrogens (tertiary/aromatic N) is 1. The molecule has 1 rings (SSSR count). The molecule has 0 N–H and O–H groups in total. The zero-order valence-corrected chi connectivity index (χ0v) is 12.9. The van der Waals surface area contributed by atoms with Gasteiger partial charge in [-0.3, -0.25) is 0 Å². The van der Waals surface area contributed by atoms with E-state index < -0.39 is 10.0 Å². The van der Waals surface area contributed by atoms with Crippen molar-refractivity contribution in [2.75, 3.05) is 21.2 Å². The molecule has 0 aliphatic heterocycles. The summed E-state index contributed by atoms with van der Waals surface area (Å²) in [7, 11) is 0.806. The highest BCUT2D eigenvalue weighted by Gasteiger charge is 2.25. The topological polar surface area (TPSA) is 46.6 Å². The van der Waals surface area contributed by atoms with E-state index in [1.54, 1.807) is 12.1 Å². The highest BCUT2D eigenvalue weighted by molar-refractivity contribution is 9.10. The fourth-order valence-electron chi connectivity index (χ4n) is 1.28. The Hall–Kier alpha value is -0.300. The van der Waals surface area contributed by atoms with Gasteiger partial charge in [0.2, 0.25) is 10.0 Å². The van der Waals surface area contributed by atoms with Crippen molar-refractivity contribution in [2.24, 2.45) is 0 Å². The Morgan fingerprint density at radius 3 is 2.41 bits per heavy atom. The molecule has 0 saturated carbocycles. The van der Waals surface area contributed by atoms with Crippen LogP contribution in [0.3, 0.4) is 0 Å². The third-order valence-corrected chi connectivity index (χ3v) is 5.28. The van der Waals surface area contributed by atoms with Crippen molar-refractivity contribution in [3.63, 3.8) is 0 Å². The van der Waals surface area contributed by atoms with Crippen LogP contribution in [0, 0.1) is 0 Å². The van der Waals surface area contributed by atoms with Crippen molar-refractivity contribution in [3.05, 3.63) is 22.2 Å².